The third-order valence-corrected chi connectivity index (χ3v) is 7.51. The number of hydrogen-bond donors (Lipinski definition) is 1. The zero-order chi connectivity index (χ0) is 22.0. The molecule has 0 radical (unpaired) electrons. The largest absolute Gasteiger partial charge is 0.338 e. The van der Waals surface area contributed by atoms with Gasteiger partial charge in [-0.05, 0) is 38.0 Å². The Kier molecular flexibility index (Phi) is 6.77. The number of H-pyrrole nitrogens is 1. The van der Waals surface area contributed by atoms with Crippen LogP contribution in [0.1, 0.15) is 94.8 Å². The molecule has 2 aliphatic heterocycles. The van der Waals surface area contributed by atoms with Crippen molar-refractivity contribution in [2.45, 2.75) is 90.6 Å². The van der Waals surface area contributed by atoms with E-state index in [9.17, 15) is 14.4 Å². The highest BCUT2D eigenvalue weighted by atomic mass is 16.2. The molecule has 7 nitrogen and oxygen atoms in total. The first kappa shape index (κ1) is 22.0. The van der Waals surface area contributed by atoms with Crippen LogP contribution in [0, 0.1) is 11.8 Å². The van der Waals surface area contributed by atoms with Crippen LogP contribution in [-0.2, 0) is 22.6 Å². The summed E-state index contributed by atoms with van der Waals surface area (Å²) >= 11 is 0. The fraction of sp³-hybridized carbons (Fsp3) is 0.750. The maximum atomic E-state index is 12.9. The average Bonchev–Trinajstić information content (AvgIpc) is 3.28. The van der Waals surface area contributed by atoms with E-state index in [-0.39, 0.29) is 29.3 Å². The van der Waals surface area contributed by atoms with E-state index in [0.29, 0.717) is 43.2 Å². The Labute approximate surface area is 184 Å². The highest BCUT2D eigenvalue weighted by Crippen LogP contribution is 2.32. The summed E-state index contributed by atoms with van der Waals surface area (Å²) in [7, 11) is 0. The molecule has 1 saturated carbocycles. The second-order valence-electron chi connectivity index (χ2n) is 9.65. The molecule has 0 spiro atoms. The summed E-state index contributed by atoms with van der Waals surface area (Å²) in [6.45, 7) is 5.67. The highest BCUT2D eigenvalue weighted by molar-refractivity contribution is 5.79. The van der Waals surface area contributed by atoms with Gasteiger partial charge in [0.15, 0.2) is 0 Å². The first-order valence-corrected chi connectivity index (χ1v) is 12.2. The molecule has 2 atom stereocenters. The van der Waals surface area contributed by atoms with E-state index in [0.717, 1.165) is 44.3 Å². The Bertz CT molecular complexity index is 874. The van der Waals surface area contributed by atoms with E-state index in [1.54, 1.807) is 0 Å². The standard InChI is InChI=1S/C24H36N4O3/c1-3-16(2)24(31)28-12-7-10-20(28)22-25-19-11-13-27(15-18(19)23(30)26-22)21(29)14-17-8-5-4-6-9-17/h16-17,20H,3-15H2,1-2H3,(H,25,26,30). The fourth-order valence-electron chi connectivity index (χ4n) is 5.35. The topological polar surface area (TPSA) is 86.4 Å². The number of carbonyl (C=O) groups excluding carboxylic acids is 2. The van der Waals surface area contributed by atoms with E-state index >= 15 is 0 Å². The molecule has 0 bridgehead atoms. The maximum Gasteiger partial charge on any atom is 0.256 e. The summed E-state index contributed by atoms with van der Waals surface area (Å²) in [6.07, 6.45) is 9.81. The molecule has 31 heavy (non-hydrogen) atoms. The molecular weight excluding hydrogens is 392 g/mol. The van der Waals surface area contributed by atoms with Crippen molar-refractivity contribution >= 4 is 11.8 Å². The minimum absolute atomic E-state index is 0.0197. The molecule has 1 N–H and O–H groups in total. The SMILES string of the molecule is CCC(C)C(=O)N1CCCC1c1nc2c(c(=O)[nH]1)CN(C(=O)CC1CCCCC1)CC2. The second kappa shape index (κ2) is 9.53. The van der Waals surface area contributed by atoms with E-state index in [2.05, 4.69) is 4.98 Å². The Balaban J connectivity index is 1.47. The van der Waals surface area contributed by atoms with Crippen LogP contribution in [0.15, 0.2) is 4.79 Å². The van der Waals surface area contributed by atoms with Crippen LogP contribution < -0.4 is 5.56 Å². The summed E-state index contributed by atoms with van der Waals surface area (Å²) < 4.78 is 0. The van der Waals surface area contributed by atoms with E-state index in [1.165, 1.54) is 19.3 Å². The molecule has 2 amide bonds. The van der Waals surface area contributed by atoms with Crippen molar-refractivity contribution in [3.63, 3.8) is 0 Å². The summed E-state index contributed by atoms with van der Waals surface area (Å²) in [4.78, 5) is 50.0. The third-order valence-electron chi connectivity index (χ3n) is 7.51. The molecule has 1 aliphatic carbocycles. The molecule has 2 unspecified atom stereocenters. The molecule has 170 valence electrons. The number of hydrogen-bond acceptors (Lipinski definition) is 4. The summed E-state index contributed by atoms with van der Waals surface area (Å²) in [5, 5.41) is 0. The number of aromatic amines is 1. The fourth-order valence-corrected chi connectivity index (χ4v) is 5.35. The van der Waals surface area contributed by atoms with Crippen LogP contribution in [-0.4, -0.2) is 44.7 Å². The van der Waals surface area contributed by atoms with Crippen LogP contribution in [0.5, 0.6) is 0 Å². The minimum atomic E-state index is -0.155. The smallest absolute Gasteiger partial charge is 0.256 e. The van der Waals surface area contributed by atoms with Crippen molar-refractivity contribution in [2.24, 2.45) is 11.8 Å². The zero-order valence-electron chi connectivity index (χ0n) is 19.0. The van der Waals surface area contributed by atoms with E-state index in [4.69, 9.17) is 4.98 Å². The zero-order valence-corrected chi connectivity index (χ0v) is 19.0. The van der Waals surface area contributed by atoms with Gasteiger partial charge >= 0.3 is 0 Å². The minimum Gasteiger partial charge on any atom is -0.338 e. The number of fused-ring (bicyclic) bond motifs is 1. The quantitative estimate of drug-likeness (QED) is 0.779. The average molecular weight is 429 g/mol. The Morgan fingerprint density at radius 2 is 1.90 bits per heavy atom. The molecule has 3 heterocycles. The van der Waals surface area contributed by atoms with E-state index < -0.39 is 0 Å². The molecule has 1 aromatic rings. The molecular formula is C24H36N4O3. The number of likely N-dealkylation sites (tertiary alicyclic amines) is 1. The van der Waals surface area contributed by atoms with Gasteiger partial charge in [-0.3, -0.25) is 14.4 Å². The van der Waals surface area contributed by atoms with Crippen molar-refractivity contribution in [1.82, 2.24) is 19.8 Å². The molecule has 2 fully saturated rings. The van der Waals surface area contributed by atoms with Gasteiger partial charge in [-0.1, -0.05) is 33.1 Å². The van der Waals surface area contributed by atoms with Gasteiger partial charge in [-0.25, -0.2) is 4.98 Å². The van der Waals surface area contributed by atoms with Gasteiger partial charge in [0.25, 0.3) is 5.56 Å². The lowest BCUT2D eigenvalue weighted by Crippen LogP contribution is -2.41. The van der Waals surface area contributed by atoms with Crippen molar-refractivity contribution in [3.05, 3.63) is 27.4 Å². The maximum absolute atomic E-state index is 12.9. The number of rotatable bonds is 5. The number of carbonyl (C=O) groups is 2. The van der Waals surface area contributed by atoms with Crippen LogP contribution in [0.25, 0.3) is 0 Å². The normalized spacial score (nSPS) is 23.0. The Hall–Kier alpha value is -2.18. The Morgan fingerprint density at radius 1 is 1.13 bits per heavy atom. The van der Waals surface area contributed by atoms with Crippen LogP contribution >= 0.6 is 0 Å². The number of nitrogens with one attached hydrogen (secondary N) is 1. The second-order valence-corrected chi connectivity index (χ2v) is 9.65. The van der Waals surface area contributed by atoms with Crippen LogP contribution in [0.2, 0.25) is 0 Å². The molecule has 1 aromatic heterocycles. The molecule has 1 saturated heterocycles. The van der Waals surface area contributed by atoms with Crippen LogP contribution in [0.3, 0.4) is 0 Å². The lowest BCUT2D eigenvalue weighted by Gasteiger charge is -2.31. The summed E-state index contributed by atoms with van der Waals surface area (Å²) in [5.41, 5.74) is 1.26. The van der Waals surface area contributed by atoms with Crippen LogP contribution in [0.4, 0.5) is 0 Å². The predicted octanol–water partition coefficient (Wildman–Crippen LogP) is 3.33. The van der Waals surface area contributed by atoms with Gasteiger partial charge in [0.1, 0.15) is 5.82 Å². The van der Waals surface area contributed by atoms with Crippen molar-refractivity contribution in [2.75, 3.05) is 13.1 Å². The summed E-state index contributed by atoms with van der Waals surface area (Å²) in [5.74, 6) is 1.40. The van der Waals surface area contributed by atoms with Crippen molar-refractivity contribution < 1.29 is 9.59 Å². The number of amides is 2. The van der Waals surface area contributed by atoms with Gasteiger partial charge in [0.2, 0.25) is 11.8 Å². The molecule has 3 aliphatic rings. The van der Waals surface area contributed by atoms with Gasteiger partial charge in [0, 0.05) is 31.8 Å². The highest BCUT2D eigenvalue weighted by Gasteiger charge is 2.35. The van der Waals surface area contributed by atoms with Gasteiger partial charge < -0.3 is 14.8 Å². The van der Waals surface area contributed by atoms with Gasteiger partial charge in [0.05, 0.1) is 23.8 Å². The molecule has 7 heteroatoms. The Morgan fingerprint density at radius 3 is 2.65 bits per heavy atom. The molecule has 0 aromatic carbocycles. The lowest BCUT2D eigenvalue weighted by molar-refractivity contribution is -0.136. The third kappa shape index (κ3) is 4.70. The van der Waals surface area contributed by atoms with Gasteiger partial charge in [-0.2, -0.15) is 0 Å². The van der Waals surface area contributed by atoms with Crippen molar-refractivity contribution in [1.29, 1.82) is 0 Å². The lowest BCUT2D eigenvalue weighted by atomic mass is 9.86. The number of aromatic nitrogens is 2. The predicted molar refractivity (Wildman–Crippen MR) is 118 cm³/mol. The first-order chi connectivity index (χ1) is 15.0. The van der Waals surface area contributed by atoms with Gasteiger partial charge in [-0.15, -0.1) is 0 Å². The first-order valence-electron chi connectivity index (χ1n) is 12.2. The molecule has 4 rings (SSSR count). The monoisotopic (exact) mass is 428 g/mol. The van der Waals surface area contributed by atoms with E-state index in [1.807, 2.05) is 23.6 Å². The summed E-state index contributed by atoms with van der Waals surface area (Å²) in [6, 6.07) is -0.148. The number of nitrogens with zero attached hydrogens (tertiary/aromatic N) is 3. The van der Waals surface area contributed by atoms with Crippen molar-refractivity contribution in [3.8, 4) is 0 Å².